The Morgan fingerprint density at radius 3 is 2.58 bits per heavy atom. The molecule has 0 saturated heterocycles. The summed E-state index contributed by atoms with van der Waals surface area (Å²) in [7, 11) is 0. The second kappa shape index (κ2) is 4.41. The molecule has 1 saturated carbocycles. The standard InChI is InChI=1S/C10H18N2/c1-3-12-8(2)9-4-6-10(11)7-5-9/h3,10H,4-7,11H2,1-2H3. The van der Waals surface area contributed by atoms with E-state index in [9.17, 15) is 0 Å². The number of allylic oxidation sites excluding steroid dienone is 2. The van der Waals surface area contributed by atoms with E-state index in [4.69, 9.17) is 5.73 Å². The molecule has 0 spiro atoms. The van der Waals surface area contributed by atoms with Gasteiger partial charge >= 0.3 is 0 Å². The van der Waals surface area contributed by atoms with Gasteiger partial charge < -0.3 is 5.73 Å². The van der Waals surface area contributed by atoms with Crippen molar-refractivity contribution in [1.82, 2.24) is 0 Å². The van der Waals surface area contributed by atoms with Gasteiger partial charge in [-0.2, -0.15) is 0 Å². The lowest BCUT2D eigenvalue weighted by Gasteiger charge is -2.20. The molecule has 2 N–H and O–H groups in total. The van der Waals surface area contributed by atoms with Gasteiger partial charge in [0, 0.05) is 18.0 Å². The maximum atomic E-state index is 5.81. The molecule has 0 atom stereocenters. The Labute approximate surface area is 74.6 Å². The van der Waals surface area contributed by atoms with Crippen molar-refractivity contribution < 1.29 is 0 Å². The summed E-state index contributed by atoms with van der Waals surface area (Å²) in [5.74, 6) is 0. The van der Waals surface area contributed by atoms with Gasteiger partial charge in [0.05, 0.1) is 0 Å². The third kappa shape index (κ3) is 2.45. The third-order valence-corrected chi connectivity index (χ3v) is 2.47. The molecule has 0 aromatic heterocycles. The van der Waals surface area contributed by atoms with Crippen molar-refractivity contribution >= 4 is 6.21 Å². The number of nitrogens with zero attached hydrogens (tertiary/aromatic N) is 1. The van der Waals surface area contributed by atoms with E-state index in [-0.39, 0.29) is 0 Å². The van der Waals surface area contributed by atoms with Crippen LogP contribution in [0.15, 0.2) is 16.3 Å². The topological polar surface area (TPSA) is 38.4 Å². The fourth-order valence-electron chi connectivity index (χ4n) is 1.64. The highest BCUT2D eigenvalue weighted by Gasteiger charge is 2.13. The molecule has 0 aromatic rings. The first-order valence-electron chi connectivity index (χ1n) is 4.67. The summed E-state index contributed by atoms with van der Waals surface area (Å²) < 4.78 is 0. The Balaban J connectivity index is 2.58. The molecule has 2 nitrogen and oxygen atoms in total. The monoisotopic (exact) mass is 166 g/mol. The van der Waals surface area contributed by atoms with E-state index < -0.39 is 0 Å². The Bertz CT molecular complexity index is 194. The molecule has 0 aromatic carbocycles. The van der Waals surface area contributed by atoms with Crippen LogP contribution in [0.25, 0.3) is 0 Å². The van der Waals surface area contributed by atoms with Crippen molar-refractivity contribution in [2.24, 2.45) is 10.7 Å². The van der Waals surface area contributed by atoms with Crippen LogP contribution in [-0.4, -0.2) is 12.3 Å². The molecule has 0 radical (unpaired) electrons. The lowest BCUT2D eigenvalue weighted by molar-refractivity contribution is 0.508. The third-order valence-electron chi connectivity index (χ3n) is 2.47. The van der Waals surface area contributed by atoms with Gasteiger partial charge in [-0.25, -0.2) is 0 Å². The zero-order valence-corrected chi connectivity index (χ0v) is 8.01. The van der Waals surface area contributed by atoms with Crippen LogP contribution >= 0.6 is 0 Å². The lowest BCUT2D eigenvalue weighted by Crippen LogP contribution is -2.23. The number of aliphatic imine (C=N–C) groups is 1. The van der Waals surface area contributed by atoms with Gasteiger partial charge in [-0.05, 0) is 45.1 Å². The Morgan fingerprint density at radius 2 is 2.08 bits per heavy atom. The van der Waals surface area contributed by atoms with Crippen LogP contribution in [0.2, 0.25) is 0 Å². The normalized spacial score (nSPS) is 24.9. The summed E-state index contributed by atoms with van der Waals surface area (Å²) in [5.41, 5.74) is 8.50. The van der Waals surface area contributed by atoms with E-state index in [0.29, 0.717) is 6.04 Å². The van der Waals surface area contributed by atoms with Gasteiger partial charge in [-0.1, -0.05) is 0 Å². The molecule has 0 bridgehead atoms. The molecular weight excluding hydrogens is 148 g/mol. The second-order valence-corrected chi connectivity index (χ2v) is 3.41. The van der Waals surface area contributed by atoms with Crippen molar-refractivity contribution in [2.75, 3.05) is 0 Å². The average Bonchev–Trinajstić information content (AvgIpc) is 2.06. The van der Waals surface area contributed by atoms with Crippen LogP contribution in [0.3, 0.4) is 0 Å². The van der Waals surface area contributed by atoms with E-state index in [1.165, 1.54) is 11.3 Å². The zero-order valence-electron chi connectivity index (χ0n) is 8.01. The maximum Gasteiger partial charge on any atom is 0.0360 e. The number of rotatable bonds is 1. The van der Waals surface area contributed by atoms with Crippen LogP contribution in [0.5, 0.6) is 0 Å². The summed E-state index contributed by atoms with van der Waals surface area (Å²) >= 11 is 0. The first kappa shape index (κ1) is 9.46. The van der Waals surface area contributed by atoms with Gasteiger partial charge in [-0.3, -0.25) is 4.99 Å². The molecule has 12 heavy (non-hydrogen) atoms. The summed E-state index contributed by atoms with van der Waals surface area (Å²) in [6.45, 7) is 4.05. The van der Waals surface area contributed by atoms with Crippen LogP contribution in [0.1, 0.15) is 39.5 Å². The second-order valence-electron chi connectivity index (χ2n) is 3.41. The van der Waals surface area contributed by atoms with E-state index in [1.54, 1.807) is 0 Å². The van der Waals surface area contributed by atoms with Crippen molar-refractivity contribution in [3.05, 3.63) is 11.3 Å². The number of hydrogen-bond acceptors (Lipinski definition) is 2. The van der Waals surface area contributed by atoms with Crippen LogP contribution in [0.4, 0.5) is 0 Å². The van der Waals surface area contributed by atoms with Crippen molar-refractivity contribution in [3.8, 4) is 0 Å². The molecule has 0 amide bonds. The summed E-state index contributed by atoms with van der Waals surface area (Å²) in [4.78, 5) is 4.29. The van der Waals surface area contributed by atoms with Crippen LogP contribution < -0.4 is 5.73 Å². The molecule has 1 fully saturated rings. The predicted octanol–water partition coefficient (Wildman–Crippen LogP) is 2.25. The van der Waals surface area contributed by atoms with E-state index >= 15 is 0 Å². The highest BCUT2D eigenvalue weighted by atomic mass is 14.7. The molecular formula is C10H18N2. The minimum absolute atomic E-state index is 0.423. The number of hydrogen-bond donors (Lipinski definition) is 1. The largest absolute Gasteiger partial charge is 0.328 e. The first-order chi connectivity index (χ1) is 5.74. The molecule has 1 aliphatic carbocycles. The smallest absolute Gasteiger partial charge is 0.0360 e. The highest BCUT2D eigenvalue weighted by molar-refractivity contribution is 5.55. The Hall–Kier alpha value is -0.630. The van der Waals surface area contributed by atoms with Crippen molar-refractivity contribution in [2.45, 2.75) is 45.6 Å². The molecule has 0 heterocycles. The number of nitrogens with two attached hydrogens (primary N) is 1. The summed E-state index contributed by atoms with van der Waals surface area (Å²) in [5, 5.41) is 0. The van der Waals surface area contributed by atoms with Crippen molar-refractivity contribution in [1.29, 1.82) is 0 Å². The van der Waals surface area contributed by atoms with Crippen LogP contribution in [-0.2, 0) is 0 Å². The molecule has 0 aliphatic heterocycles. The minimum Gasteiger partial charge on any atom is -0.328 e. The Morgan fingerprint density at radius 1 is 1.50 bits per heavy atom. The van der Waals surface area contributed by atoms with Gasteiger partial charge in [0.2, 0.25) is 0 Å². The fourth-order valence-corrected chi connectivity index (χ4v) is 1.64. The SMILES string of the molecule is CC=NC(C)=C1CCC(N)CC1. The fraction of sp³-hybridized carbons (Fsp3) is 0.700. The zero-order chi connectivity index (χ0) is 8.97. The lowest BCUT2D eigenvalue weighted by atomic mass is 9.90. The Kier molecular flexibility index (Phi) is 3.48. The van der Waals surface area contributed by atoms with Crippen molar-refractivity contribution in [3.63, 3.8) is 0 Å². The van der Waals surface area contributed by atoms with Gasteiger partial charge in [0.1, 0.15) is 0 Å². The summed E-state index contributed by atoms with van der Waals surface area (Å²) in [6, 6.07) is 0.423. The molecule has 2 heteroatoms. The van der Waals surface area contributed by atoms with Crippen LogP contribution in [0, 0.1) is 0 Å². The predicted molar refractivity (Wildman–Crippen MR) is 53.3 cm³/mol. The summed E-state index contributed by atoms with van der Waals surface area (Å²) in [6.07, 6.45) is 6.41. The molecule has 1 rings (SSSR count). The molecule has 68 valence electrons. The van der Waals surface area contributed by atoms with E-state index in [0.717, 1.165) is 25.7 Å². The minimum atomic E-state index is 0.423. The van der Waals surface area contributed by atoms with E-state index in [1.807, 2.05) is 13.1 Å². The first-order valence-corrected chi connectivity index (χ1v) is 4.67. The van der Waals surface area contributed by atoms with E-state index in [2.05, 4.69) is 11.9 Å². The molecule has 0 unspecified atom stereocenters. The molecule has 1 aliphatic rings. The van der Waals surface area contributed by atoms with Gasteiger partial charge in [0.15, 0.2) is 0 Å². The van der Waals surface area contributed by atoms with Gasteiger partial charge in [-0.15, -0.1) is 0 Å². The van der Waals surface area contributed by atoms with Gasteiger partial charge in [0.25, 0.3) is 0 Å². The average molecular weight is 166 g/mol. The highest BCUT2D eigenvalue weighted by Crippen LogP contribution is 2.25. The maximum absolute atomic E-state index is 5.81. The quantitative estimate of drug-likeness (QED) is 0.596.